The molecule has 1 heterocycles. The van der Waals surface area contributed by atoms with Crippen molar-refractivity contribution < 1.29 is 9.90 Å². The highest BCUT2D eigenvalue weighted by Gasteiger charge is 2.22. The summed E-state index contributed by atoms with van der Waals surface area (Å²) in [5, 5.41) is 20.7. The molecule has 1 fully saturated rings. The molecule has 1 aliphatic rings. The maximum Gasteiger partial charge on any atom is 0.319 e. The molecule has 1 saturated carbocycles. The monoisotopic (exact) mass is 316 g/mol. The first-order chi connectivity index (χ1) is 11.0. The molecule has 1 aromatic carbocycles. The van der Waals surface area contributed by atoms with E-state index in [2.05, 4.69) is 29.6 Å². The van der Waals surface area contributed by atoms with Crippen LogP contribution in [-0.4, -0.2) is 33.6 Å². The number of amides is 2. The van der Waals surface area contributed by atoms with E-state index in [0.717, 1.165) is 35.9 Å². The van der Waals surface area contributed by atoms with E-state index < -0.39 is 0 Å². The van der Waals surface area contributed by atoms with Gasteiger partial charge in [-0.3, -0.25) is 4.68 Å². The Hall–Kier alpha value is -2.08. The quantitative estimate of drug-likeness (QED) is 0.811. The second-order valence-electron chi connectivity index (χ2n) is 6.64. The van der Waals surface area contributed by atoms with Crippen LogP contribution in [0, 0.1) is 5.92 Å². The maximum absolute atomic E-state index is 12.0. The van der Waals surface area contributed by atoms with Gasteiger partial charge in [-0.05, 0) is 57.2 Å². The van der Waals surface area contributed by atoms with Crippen LogP contribution in [0.15, 0.2) is 24.4 Å². The molecule has 6 heteroatoms. The Morgan fingerprint density at radius 3 is 2.96 bits per heavy atom. The fourth-order valence-corrected chi connectivity index (χ4v) is 3.03. The number of anilines is 1. The number of aromatic nitrogens is 2. The summed E-state index contributed by atoms with van der Waals surface area (Å²) >= 11 is 0. The molecule has 0 radical (unpaired) electrons. The molecule has 3 N–H and O–H groups in total. The van der Waals surface area contributed by atoms with Gasteiger partial charge >= 0.3 is 6.03 Å². The van der Waals surface area contributed by atoms with Crippen LogP contribution in [0.25, 0.3) is 10.9 Å². The van der Waals surface area contributed by atoms with Gasteiger partial charge in [-0.2, -0.15) is 5.10 Å². The van der Waals surface area contributed by atoms with Crippen molar-refractivity contribution in [2.24, 2.45) is 5.92 Å². The number of fused-ring (bicyclic) bond motifs is 1. The fraction of sp³-hybridized carbons (Fsp3) is 0.529. The van der Waals surface area contributed by atoms with Crippen molar-refractivity contribution in [3.63, 3.8) is 0 Å². The summed E-state index contributed by atoms with van der Waals surface area (Å²) in [4.78, 5) is 12.0. The first kappa shape index (κ1) is 15.8. The molecule has 0 saturated heterocycles. The summed E-state index contributed by atoms with van der Waals surface area (Å²) in [6.45, 7) is 4.77. The number of urea groups is 1. The van der Waals surface area contributed by atoms with E-state index in [4.69, 9.17) is 0 Å². The summed E-state index contributed by atoms with van der Waals surface area (Å²) < 4.78 is 1.92. The third-order valence-corrected chi connectivity index (χ3v) is 4.37. The van der Waals surface area contributed by atoms with Crippen LogP contribution in [0.5, 0.6) is 0 Å². The number of hydrogen-bond donors (Lipinski definition) is 3. The van der Waals surface area contributed by atoms with Gasteiger partial charge in [0.15, 0.2) is 0 Å². The maximum atomic E-state index is 12.0. The first-order valence-electron chi connectivity index (χ1n) is 8.23. The zero-order valence-electron chi connectivity index (χ0n) is 13.6. The van der Waals surface area contributed by atoms with E-state index in [-0.39, 0.29) is 12.1 Å². The second-order valence-corrected chi connectivity index (χ2v) is 6.64. The van der Waals surface area contributed by atoms with E-state index >= 15 is 0 Å². The molecular weight excluding hydrogens is 292 g/mol. The largest absolute Gasteiger partial charge is 0.393 e. The molecule has 2 amide bonds. The average Bonchev–Trinajstić information content (AvgIpc) is 3.10. The average molecular weight is 316 g/mol. The number of aliphatic hydroxyl groups is 1. The van der Waals surface area contributed by atoms with Gasteiger partial charge in [0, 0.05) is 29.9 Å². The lowest BCUT2D eigenvalue weighted by Gasteiger charge is -2.11. The highest BCUT2D eigenvalue weighted by molar-refractivity contribution is 5.92. The highest BCUT2D eigenvalue weighted by Crippen LogP contribution is 2.24. The number of nitrogens with one attached hydrogen (secondary N) is 2. The first-order valence-corrected chi connectivity index (χ1v) is 8.23. The Bertz CT molecular complexity index is 695. The minimum atomic E-state index is -0.206. The Morgan fingerprint density at radius 2 is 2.26 bits per heavy atom. The highest BCUT2D eigenvalue weighted by atomic mass is 16.3. The molecular formula is C17H24N4O2. The number of aliphatic hydroxyl groups excluding tert-OH is 1. The summed E-state index contributed by atoms with van der Waals surface area (Å²) in [6.07, 6.45) is 4.38. The normalized spacial score (nSPS) is 21.0. The summed E-state index contributed by atoms with van der Waals surface area (Å²) in [7, 11) is 0. The summed E-state index contributed by atoms with van der Waals surface area (Å²) in [5.41, 5.74) is 1.68. The third-order valence-electron chi connectivity index (χ3n) is 4.37. The van der Waals surface area contributed by atoms with Gasteiger partial charge in [0.05, 0.1) is 11.6 Å². The minimum Gasteiger partial charge on any atom is -0.393 e. The molecule has 0 aliphatic heterocycles. The van der Waals surface area contributed by atoms with Gasteiger partial charge in [-0.15, -0.1) is 0 Å². The zero-order chi connectivity index (χ0) is 16.4. The molecule has 124 valence electrons. The van der Waals surface area contributed by atoms with E-state index in [1.807, 2.05) is 29.1 Å². The molecule has 0 bridgehead atoms. The number of rotatable bonds is 4. The van der Waals surface area contributed by atoms with Gasteiger partial charge in [0.2, 0.25) is 0 Å². The number of carbonyl (C=O) groups is 1. The van der Waals surface area contributed by atoms with Crippen LogP contribution >= 0.6 is 0 Å². The van der Waals surface area contributed by atoms with Gasteiger partial charge in [0.25, 0.3) is 0 Å². The van der Waals surface area contributed by atoms with Crippen LogP contribution in [0.3, 0.4) is 0 Å². The van der Waals surface area contributed by atoms with Crippen LogP contribution in [0.2, 0.25) is 0 Å². The van der Waals surface area contributed by atoms with Crippen LogP contribution in [0.1, 0.15) is 39.2 Å². The van der Waals surface area contributed by atoms with E-state index in [0.29, 0.717) is 18.5 Å². The molecule has 6 nitrogen and oxygen atoms in total. The van der Waals surface area contributed by atoms with Crippen molar-refractivity contribution in [1.82, 2.24) is 15.1 Å². The Labute approximate surface area is 135 Å². The predicted octanol–water partition coefficient (Wildman–Crippen LogP) is 2.90. The van der Waals surface area contributed by atoms with Crippen molar-refractivity contribution in [2.75, 3.05) is 11.9 Å². The predicted molar refractivity (Wildman–Crippen MR) is 90.5 cm³/mol. The van der Waals surface area contributed by atoms with Crippen LogP contribution < -0.4 is 10.6 Å². The van der Waals surface area contributed by atoms with Crippen LogP contribution in [0.4, 0.5) is 10.5 Å². The number of hydrogen-bond acceptors (Lipinski definition) is 3. The molecule has 1 aromatic heterocycles. The van der Waals surface area contributed by atoms with Crippen molar-refractivity contribution in [3.05, 3.63) is 24.4 Å². The summed E-state index contributed by atoms with van der Waals surface area (Å²) in [5.74, 6) is 0.377. The Kier molecular flexibility index (Phi) is 4.52. The lowest BCUT2D eigenvalue weighted by molar-refractivity contribution is 0.177. The number of benzene rings is 1. The molecule has 0 spiro atoms. The number of carbonyl (C=O) groups excluding carboxylic acids is 1. The smallest absolute Gasteiger partial charge is 0.319 e. The molecule has 3 rings (SSSR count). The molecule has 2 unspecified atom stereocenters. The third kappa shape index (κ3) is 3.82. The van der Waals surface area contributed by atoms with Crippen molar-refractivity contribution in [2.45, 2.75) is 45.3 Å². The molecule has 2 atom stereocenters. The standard InChI is InChI=1S/C17H24N4O2/c1-11(2)21-10-13-8-14(4-6-16(13)20-21)19-17(23)18-9-12-3-5-15(22)7-12/h4,6,8,10-12,15,22H,3,5,7,9H2,1-2H3,(H2,18,19,23). The topological polar surface area (TPSA) is 79.2 Å². The second kappa shape index (κ2) is 6.58. The molecule has 1 aliphatic carbocycles. The fourth-order valence-electron chi connectivity index (χ4n) is 3.03. The summed E-state index contributed by atoms with van der Waals surface area (Å²) in [6, 6.07) is 5.81. The van der Waals surface area contributed by atoms with E-state index in [9.17, 15) is 9.90 Å². The Balaban J connectivity index is 1.58. The number of nitrogens with zero attached hydrogens (tertiary/aromatic N) is 2. The van der Waals surface area contributed by atoms with E-state index in [1.165, 1.54) is 0 Å². The van der Waals surface area contributed by atoms with Gasteiger partial charge in [0.1, 0.15) is 0 Å². The lowest BCUT2D eigenvalue weighted by atomic mass is 10.1. The molecule has 2 aromatic rings. The van der Waals surface area contributed by atoms with Gasteiger partial charge < -0.3 is 15.7 Å². The molecule has 23 heavy (non-hydrogen) atoms. The minimum absolute atomic E-state index is 0.204. The van der Waals surface area contributed by atoms with Crippen LogP contribution in [-0.2, 0) is 0 Å². The SMILES string of the molecule is CC(C)n1cc2cc(NC(=O)NCC3CCC(O)C3)ccc2n1. The van der Waals surface area contributed by atoms with Crippen molar-refractivity contribution in [1.29, 1.82) is 0 Å². The zero-order valence-corrected chi connectivity index (χ0v) is 13.6. The lowest BCUT2D eigenvalue weighted by Crippen LogP contribution is -2.32. The Morgan fingerprint density at radius 1 is 1.43 bits per heavy atom. The van der Waals surface area contributed by atoms with Gasteiger partial charge in [-0.25, -0.2) is 4.79 Å². The van der Waals surface area contributed by atoms with Crippen molar-refractivity contribution in [3.8, 4) is 0 Å². The van der Waals surface area contributed by atoms with Gasteiger partial charge in [-0.1, -0.05) is 0 Å². The van der Waals surface area contributed by atoms with Crippen molar-refractivity contribution >= 4 is 22.6 Å². The van der Waals surface area contributed by atoms with E-state index in [1.54, 1.807) is 0 Å².